The Hall–Kier alpha value is -0.670. The molecule has 3 atom stereocenters. The van der Waals surface area contributed by atoms with Gasteiger partial charge in [0.05, 0.1) is 6.61 Å². The summed E-state index contributed by atoms with van der Waals surface area (Å²) in [5.41, 5.74) is 1.42. The van der Waals surface area contributed by atoms with Crippen LogP contribution >= 0.6 is 11.8 Å². The third-order valence-corrected chi connectivity index (χ3v) is 5.81. The molecule has 2 aliphatic rings. The van der Waals surface area contributed by atoms with Gasteiger partial charge in [0.15, 0.2) is 0 Å². The second kappa shape index (κ2) is 6.86. The molecular weight excluding hydrogens is 266 g/mol. The second-order valence-corrected chi connectivity index (χ2v) is 7.05. The fraction of sp³-hybridized carbons (Fsp3) is 0.647. The minimum absolute atomic E-state index is 0.662. The average molecular weight is 291 g/mol. The highest BCUT2D eigenvalue weighted by Crippen LogP contribution is 2.38. The Morgan fingerprint density at radius 1 is 1.35 bits per heavy atom. The van der Waals surface area contributed by atoms with Crippen LogP contribution in [0.5, 0.6) is 5.75 Å². The molecule has 1 fully saturated rings. The molecule has 1 aromatic rings. The molecule has 0 spiro atoms. The van der Waals surface area contributed by atoms with Gasteiger partial charge in [0, 0.05) is 6.04 Å². The molecule has 0 aliphatic carbocycles. The van der Waals surface area contributed by atoms with Gasteiger partial charge in [-0.15, -0.1) is 0 Å². The van der Waals surface area contributed by atoms with Crippen LogP contribution in [0, 0.1) is 5.92 Å². The zero-order valence-corrected chi connectivity index (χ0v) is 13.1. The van der Waals surface area contributed by atoms with Crippen molar-refractivity contribution in [2.45, 2.75) is 38.1 Å². The summed E-state index contributed by atoms with van der Waals surface area (Å²) < 4.78 is 5.80. The van der Waals surface area contributed by atoms with Gasteiger partial charge in [-0.05, 0) is 60.8 Å². The molecule has 20 heavy (non-hydrogen) atoms. The minimum atomic E-state index is 0.662. The van der Waals surface area contributed by atoms with Gasteiger partial charge in [-0.2, -0.15) is 11.8 Å². The predicted molar refractivity (Wildman–Crippen MR) is 86.8 cm³/mol. The standard InChI is InChI=1S/C17H25NOS/c1-2-18-16(14-8-10-20-12-14)11-13-7-9-19-17-6-4-3-5-15(13)17/h3-6,13-14,16,18H,2,7-12H2,1H3. The van der Waals surface area contributed by atoms with Crippen molar-refractivity contribution < 1.29 is 4.74 Å². The van der Waals surface area contributed by atoms with E-state index in [2.05, 4.69) is 48.3 Å². The molecule has 1 N–H and O–H groups in total. The molecular formula is C17H25NOS. The van der Waals surface area contributed by atoms with Gasteiger partial charge >= 0.3 is 0 Å². The summed E-state index contributed by atoms with van der Waals surface area (Å²) in [6, 6.07) is 9.28. The van der Waals surface area contributed by atoms with Crippen molar-refractivity contribution in [3.8, 4) is 5.75 Å². The molecule has 2 aliphatic heterocycles. The van der Waals surface area contributed by atoms with Crippen LogP contribution in [0.2, 0.25) is 0 Å². The molecule has 110 valence electrons. The first-order valence-electron chi connectivity index (χ1n) is 7.91. The number of nitrogens with one attached hydrogen (secondary N) is 1. The second-order valence-electron chi connectivity index (χ2n) is 5.90. The van der Waals surface area contributed by atoms with Crippen LogP contribution < -0.4 is 10.1 Å². The molecule has 0 saturated carbocycles. The molecule has 0 radical (unpaired) electrons. The summed E-state index contributed by atoms with van der Waals surface area (Å²) >= 11 is 2.12. The SMILES string of the molecule is CCNC(CC1CCOc2ccccc21)C1CCSC1. The highest BCUT2D eigenvalue weighted by Gasteiger charge is 2.30. The number of benzene rings is 1. The van der Waals surface area contributed by atoms with Gasteiger partial charge in [-0.25, -0.2) is 0 Å². The van der Waals surface area contributed by atoms with Gasteiger partial charge < -0.3 is 10.1 Å². The van der Waals surface area contributed by atoms with Gasteiger partial charge in [-0.1, -0.05) is 25.1 Å². The first-order chi connectivity index (χ1) is 9.88. The Labute approximate surface area is 126 Å². The maximum Gasteiger partial charge on any atom is 0.122 e. The minimum Gasteiger partial charge on any atom is -0.493 e. The van der Waals surface area contributed by atoms with Crippen molar-refractivity contribution in [1.29, 1.82) is 0 Å². The van der Waals surface area contributed by atoms with E-state index in [0.29, 0.717) is 12.0 Å². The number of hydrogen-bond acceptors (Lipinski definition) is 3. The maximum absolute atomic E-state index is 5.80. The van der Waals surface area contributed by atoms with Crippen molar-refractivity contribution in [1.82, 2.24) is 5.32 Å². The largest absolute Gasteiger partial charge is 0.493 e. The topological polar surface area (TPSA) is 21.3 Å². The average Bonchev–Trinajstić information content (AvgIpc) is 3.01. The monoisotopic (exact) mass is 291 g/mol. The Morgan fingerprint density at radius 2 is 2.25 bits per heavy atom. The Kier molecular flexibility index (Phi) is 4.90. The zero-order valence-electron chi connectivity index (χ0n) is 12.3. The zero-order chi connectivity index (χ0) is 13.8. The first-order valence-corrected chi connectivity index (χ1v) is 9.06. The van der Waals surface area contributed by atoms with E-state index in [1.807, 2.05) is 0 Å². The normalized spacial score (nSPS) is 26.9. The van der Waals surface area contributed by atoms with Crippen LogP contribution in [0.4, 0.5) is 0 Å². The molecule has 3 unspecified atom stereocenters. The van der Waals surface area contributed by atoms with Crippen molar-refractivity contribution in [3.63, 3.8) is 0 Å². The Bertz CT molecular complexity index is 431. The van der Waals surface area contributed by atoms with Crippen LogP contribution in [-0.2, 0) is 0 Å². The quantitative estimate of drug-likeness (QED) is 0.894. The number of hydrogen-bond donors (Lipinski definition) is 1. The summed E-state index contributed by atoms with van der Waals surface area (Å²) in [5, 5.41) is 3.75. The van der Waals surface area contributed by atoms with E-state index in [1.165, 1.54) is 36.3 Å². The number of fused-ring (bicyclic) bond motifs is 1. The van der Waals surface area contributed by atoms with Crippen LogP contribution in [0.15, 0.2) is 24.3 Å². The molecule has 3 heteroatoms. The van der Waals surface area contributed by atoms with E-state index < -0.39 is 0 Å². The lowest BCUT2D eigenvalue weighted by Crippen LogP contribution is -2.38. The summed E-state index contributed by atoms with van der Waals surface area (Å²) in [6.45, 7) is 4.18. The number of ether oxygens (including phenoxy) is 1. The molecule has 0 bridgehead atoms. The molecule has 2 heterocycles. The third-order valence-electron chi connectivity index (χ3n) is 4.62. The molecule has 0 aromatic heterocycles. The molecule has 0 amide bonds. The summed E-state index contributed by atoms with van der Waals surface area (Å²) in [7, 11) is 0. The number of thioether (sulfide) groups is 1. The summed E-state index contributed by atoms with van der Waals surface area (Å²) in [6.07, 6.45) is 3.81. The van der Waals surface area contributed by atoms with Gasteiger partial charge in [0.1, 0.15) is 5.75 Å². The van der Waals surface area contributed by atoms with Crippen molar-refractivity contribution >= 4 is 11.8 Å². The smallest absolute Gasteiger partial charge is 0.122 e. The fourth-order valence-corrected chi connectivity index (χ4v) is 4.88. The Balaban J connectivity index is 1.72. The van der Waals surface area contributed by atoms with Crippen molar-refractivity contribution in [2.24, 2.45) is 5.92 Å². The summed E-state index contributed by atoms with van der Waals surface area (Å²) in [5.74, 6) is 5.31. The van der Waals surface area contributed by atoms with Crippen LogP contribution in [0.3, 0.4) is 0 Å². The van der Waals surface area contributed by atoms with Gasteiger partial charge in [0.25, 0.3) is 0 Å². The highest BCUT2D eigenvalue weighted by molar-refractivity contribution is 7.99. The lowest BCUT2D eigenvalue weighted by Gasteiger charge is -2.32. The highest BCUT2D eigenvalue weighted by atomic mass is 32.2. The van der Waals surface area contributed by atoms with Crippen LogP contribution in [0.1, 0.15) is 37.7 Å². The third kappa shape index (κ3) is 3.15. The van der Waals surface area contributed by atoms with Crippen LogP contribution in [0.25, 0.3) is 0 Å². The van der Waals surface area contributed by atoms with Crippen molar-refractivity contribution in [2.75, 3.05) is 24.7 Å². The van der Waals surface area contributed by atoms with Gasteiger partial charge in [0.2, 0.25) is 0 Å². The maximum atomic E-state index is 5.80. The molecule has 1 aromatic carbocycles. The van der Waals surface area contributed by atoms with E-state index >= 15 is 0 Å². The fourth-order valence-electron chi connectivity index (χ4n) is 3.54. The first kappa shape index (κ1) is 14.3. The number of para-hydroxylation sites is 1. The molecule has 3 rings (SSSR count). The van der Waals surface area contributed by atoms with E-state index in [1.54, 1.807) is 0 Å². The molecule has 2 nitrogen and oxygen atoms in total. The number of rotatable bonds is 5. The van der Waals surface area contributed by atoms with Gasteiger partial charge in [-0.3, -0.25) is 0 Å². The van der Waals surface area contributed by atoms with E-state index in [4.69, 9.17) is 4.74 Å². The lowest BCUT2D eigenvalue weighted by molar-refractivity contribution is 0.244. The van der Waals surface area contributed by atoms with E-state index in [-0.39, 0.29) is 0 Å². The van der Waals surface area contributed by atoms with Crippen molar-refractivity contribution in [3.05, 3.63) is 29.8 Å². The predicted octanol–water partition coefficient (Wildman–Crippen LogP) is 3.67. The van der Waals surface area contributed by atoms with Crippen LogP contribution in [-0.4, -0.2) is 30.7 Å². The van der Waals surface area contributed by atoms with E-state index in [9.17, 15) is 0 Å². The lowest BCUT2D eigenvalue weighted by atomic mass is 9.83. The summed E-state index contributed by atoms with van der Waals surface area (Å²) in [4.78, 5) is 0. The Morgan fingerprint density at radius 3 is 3.05 bits per heavy atom. The van der Waals surface area contributed by atoms with E-state index in [0.717, 1.165) is 24.8 Å². The molecule has 1 saturated heterocycles.